The van der Waals surface area contributed by atoms with E-state index in [1.807, 2.05) is 12.5 Å². The Bertz CT molecular complexity index is 429. The fourth-order valence-corrected chi connectivity index (χ4v) is 1.79. The van der Waals surface area contributed by atoms with Crippen molar-refractivity contribution in [3.8, 4) is 0 Å². The highest BCUT2D eigenvalue weighted by Gasteiger charge is 2.19. The summed E-state index contributed by atoms with van der Waals surface area (Å²) in [6.07, 6.45) is 5.61. The highest BCUT2D eigenvalue weighted by Crippen LogP contribution is 2.15. The van der Waals surface area contributed by atoms with Gasteiger partial charge < -0.3 is 10.3 Å². The normalized spacial score (nSPS) is 20.5. The van der Waals surface area contributed by atoms with E-state index in [9.17, 15) is 0 Å². The van der Waals surface area contributed by atoms with Gasteiger partial charge in [0.2, 0.25) is 0 Å². The van der Waals surface area contributed by atoms with E-state index in [0.717, 1.165) is 30.8 Å². The minimum atomic E-state index is 0.262. The van der Waals surface area contributed by atoms with Crippen molar-refractivity contribution in [1.29, 1.82) is 0 Å². The molecule has 1 aromatic rings. The maximum absolute atomic E-state index is 5.71. The Balaban J connectivity index is 2.28. The van der Waals surface area contributed by atoms with Gasteiger partial charge in [-0.1, -0.05) is 13.8 Å². The van der Waals surface area contributed by atoms with Gasteiger partial charge in [0.25, 0.3) is 0 Å². The van der Waals surface area contributed by atoms with Crippen LogP contribution in [0.25, 0.3) is 0 Å². The van der Waals surface area contributed by atoms with Gasteiger partial charge in [-0.05, 0) is 6.42 Å². The van der Waals surface area contributed by atoms with Gasteiger partial charge in [-0.15, -0.1) is 5.10 Å². The summed E-state index contributed by atoms with van der Waals surface area (Å²) in [5.41, 5.74) is 7.75. The van der Waals surface area contributed by atoms with Crippen LogP contribution in [0.2, 0.25) is 0 Å². The Morgan fingerprint density at radius 2 is 2.31 bits per heavy atom. The van der Waals surface area contributed by atoms with Gasteiger partial charge >= 0.3 is 0 Å². The molecule has 0 saturated carbocycles. The standard InChI is InChI=1S/C11H17N5/c1-3-4-16-7-13-6-10(16)9-5-8(2)11(12)15-14-9/h6-8H,3-5H2,1-2H3,(H2,12,15). The highest BCUT2D eigenvalue weighted by atomic mass is 15.3. The average molecular weight is 219 g/mol. The quantitative estimate of drug-likeness (QED) is 0.834. The molecular weight excluding hydrogens is 202 g/mol. The third-order valence-electron chi connectivity index (χ3n) is 2.76. The lowest BCUT2D eigenvalue weighted by Crippen LogP contribution is -2.27. The summed E-state index contributed by atoms with van der Waals surface area (Å²) in [6.45, 7) is 5.17. The van der Waals surface area contributed by atoms with Gasteiger partial charge in [-0.2, -0.15) is 5.10 Å². The van der Waals surface area contributed by atoms with Crippen LogP contribution >= 0.6 is 0 Å². The first-order chi connectivity index (χ1) is 7.72. The van der Waals surface area contributed by atoms with Crippen molar-refractivity contribution in [3.63, 3.8) is 0 Å². The number of rotatable bonds is 3. The van der Waals surface area contributed by atoms with Gasteiger partial charge in [0.1, 0.15) is 5.84 Å². The Hall–Kier alpha value is -1.65. The molecule has 0 amide bonds. The molecule has 16 heavy (non-hydrogen) atoms. The van der Waals surface area contributed by atoms with Crippen LogP contribution in [0.5, 0.6) is 0 Å². The van der Waals surface area contributed by atoms with Gasteiger partial charge in [0.05, 0.1) is 23.9 Å². The second-order valence-electron chi connectivity index (χ2n) is 4.15. The Kier molecular flexibility index (Phi) is 3.03. The predicted octanol–water partition coefficient (Wildman–Crippen LogP) is 1.39. The van der Waals surface area contributed by atoms with Crippen LogP contribution in [0, 0.1) is 5.92 Å². The number of imidazole rings is 1. The number of hydrogen-bond acceptors (Lipinski definition) is 4. The molecule has 1 aromatic heterocycles. The zero-order valence-electron chi connectivity index (χ0n) is 9.72. The molecule has 2 heterocycles. The van der Waals surface area contributed by atoms with E-state index in [1.165, 1.54) is 0 Å². The van der Waals surface area contributed by atoms with Crippen molar-refractivity contribution in [2.24, 2.45) is 21.9 Å². The molecule has 1 atom stereocenters. The number of hydrogen-bond donors (Lipinski definition) is 1. The van der Waals surface area contributed by atoms with Crippen molar-refractivity contribution in [3.05, 3.63) is 18.2 Å². The van der Waals surface area contributed by atoms with Crippen LogP contribution in [-0.4, -0.2) is 21.1 Å². The molecule has 1 aliphatic heterocycles. The predicted molar refractivity (Wildman–Crippen MR) is 64.5 cm³/mol. The summed E-state index contributed by atoms with van der Waals surface area (Å²) >= 11 is 0. The van der Waals surface area contributed by atoms with Gasteiger partial charge in [-0.25, -0.2) is 4.98 Å². The van der Waals surface area contributed by atoms with Crippen LogP contribution < -0.4 is 5.73 Å². The molecule has 86 valence electrons. The topological polar surface area (TPSA) is 68.6 Å². The van der Waals surface area contributed by atoms with Crippen LogP contribution in [0.3, 0.4) is 0 Å². The summed E-state index contributed by atoms with van der Waals surface area (Å²) in [5.74, 6) is 0.878. The molecule has 0 spiro atoms. The largest absolute Gasteiger partial charge is 0.385 e. The molecule has 1 unspecified atom stereocenters. The number of amidine groups is 1. The molecule has 0 aliphatic carbocycles. The first-order valence-electron chi connectivity index (χ1n) is 5.62. The van der Waals surface area contributed by atoms with E-state index < -0.39 is 0 Å². The number of aryl methyl sites for hydroxylation is 1. The van der Waals surface area contributed by atoms with E-state index >= 15 is 0 Å². The lowest BCUT2D eigenvalue weighted by molar-refractivity contribution is 0.668. The average Bonchev–Trinajstić information content (AvgIpc) is 2.71. The summed E-state index contributed by atoms with van der Waals surface area (Å²) in [6, 6.07) is 0. The van der Waals surface area contributed by atoms with Crippen molar-refractivity contribution >= 4 is 11.5 Å². The second-order valence-corrected chi connectivity index (χ2v) is 4.15. The van der Waals surface area contributed by atoms with Crippen molar-refractivity contribution in [2.45, 2.75) is 33.2 Å². The molecule has 0 saturated heterocycles. The van der Waals surface area contributed by atoms with E-state index in [2.05, 4.69) is 33.6 Å². The molecule has 1 aliphatic rings. The van der Waals surface area contributed by atoms with Crippen LogP contribution in [0.4, 0.5) is 0 Å². The van der Waals surface area contributed by atoms with E-state index in [-0.39, 0.29) is 5.92 Å². The summed E-state index contributed by atoms with van der Waals surface area (Å²) < 4.78 is 2.11. The zero-order valence-corrected chi connectivity index (χ0v) is 9.72. The Morgan fingerprint density at radius 1 is 1.50 bits per heavy atom. The smallest absolute Gasteiger partial charge is 0.125 e. The van der Waals surface area contributed by atoms with Crippen molar-refractivity contribution in [2.75, 3.05) is 0 Å². The Morgan fingerprint density at radius 3 is 3.00 bits per heavy atom. The monoisotopic (exact) mass is 219 g/mol. The maximum atomic E-state index is 5.71. The van der Waals surface area contributed by atoms with Crippen LogP contribution in [0.1, 0.15) is 32.4 Å². The summed E-state index contributed by atoms with van der Waals surface area (Å²) in [4.78, 5) is 4.16. The lowest BCUT2D eigenvalue weighted by atomic mass is 10.0. The minimum Gasteiger partial charge on any atom is -0.385 e. The summed E-state index contributed by atoms with van der Waals surface area (Å²) in [5, 5.41) is 8.16. The molecule has 2 N–H and O–H groups in total. The number of nitrogens with two attached hydrogens (primary N) is 1. The van der Waals surface area contributed by atoms with Gasteiger partial charge in [0, 0.05) is 18.9 Å². The van der Waals surface area contributed by atoms with E-state index in [0.29, 0.717) is 5.84 Å². The molecule has 0 bridgehead atoms. The van der Waals surface area contributed by atoms with Crippen molar-refractivity contribution < 1.29 is 0 Å². The van der Waals surface area contributed by atoms with Crippen molar-refractivity contribution in [1.82, 2.24) is 9.55 Å². The van der Waals surface area contributed by atoms with Crippen LogP contribution in [0.15, 0.2) is 22.7 Å². The van der Waals surface area contributed by atoms with E-state index in [4.69, 9.17) is 5.73 Å². The third-order valence-corrected chi connectivity index (χ3v) is 2.76. The van der Waals surface area contributed by atoms with E-state index in [1.54, 1.807) is 0 Å². The third kappa shape index (κ3) is 1.98. The first kappa shape index (κ1) is 10.9. The second kappa shape index (κ2) is 4.47. The zero-order chi connectivity index (χ0) is 11.5. The van der Waals surface area contributed by atoms with Gasteiger partial charge in [-0.3, -0.25) is 0 Å². The maximum Gasteiger partial charge on any atom is 0.125 e. The van der Waals surface area contributed by atoms with Crippen LogP contribution in [-0.2, 0) is 6.54 Å². The molecule has 5 heteroatoms. The Labute approximate surface area is 95.1 Å². The molecule has 0 radical (unpaired) electrons. The highest BCUT2D eigenvalue weighted by molar-refractivity contribution is 6.03. The molecule has 0 aromatic carbocycles. The number of aromatic nitrogens is 2. The molecule has 5 nitrogen and oxygen atoms in total. The fraction of sp³-hybridized carbons (Fsp3) is 0.545. The summed E-state index contributed by atoms with van der Waals surface area (Å²) in [7, 11) is 0. The molecule has 0 fully saturated rings. The SMILES string of the molecule is CCCn1cncc1C1=NN=C(N)C(C)C1. The molecule has 2 rings (SSSR count). The first-order valence-corrected chi connectivity index (χ1v) is 5.62. The fourth-order valence-electron chi connectivity index (χ4n) is 1.79. The molecular formula is C11H17N5. The number of nitrogens with zero attached hydrogens (tertiary/aromatic N) is 4. The van der Waals surface area contributed by atoms with Gasteiger partial charge in [0.15, 0.2) is 0 Å². The minimum absolute atomic E-state index is 0.262. The lowest BCUT2D eigenvalue weighted by Gasteiger charge is -2.16.